The Balaban J connectivity index is 1.15. The molecule has 4 fully saturated rings. The van der Waals surface area contributed by atoms with Crippen LogP contribution in [-0.4, -0.2) is 36.6 Å². The van der Waals surface area contributed by atoms with Crippen molar-refractivity contribution in [3.05, 3.63) is 0 Å². The molecule has 7 heteroatoms. The van der Waals surface area contributed by atoms with Gasteiger partial charge in [-0.3, -0.25) is 0 Å². The molecule has 7 nitrogen and oxygen atoms in total. The minimum Gasteiger partial charge on any atom is -0.431 e. The van der Waals surface area contributed by atoms with Crippen LogP contribution in [0.15, 0.2) is 4.99 Å². The third kappa shape index (κ3) is 7.61. The summed E-state index contributed by atoms with van der Waals surface area (Å²) in [6.07, 6.45) is 19.6. The van der Waals surface area contributed by atoms with E-state index in [-0.39, 0.29) is 35.2 Å². The topological polar surface area (TPSA) is 98.0 Å². The van der Waals surface area contributed by atoms with Crippen molar-refractivity contribution in [2.75, 3.05) is 0 Å². The lowest BCUT2D eigenvalue weighted by atomic mass is 9.60. The molecule has 0 atom stereocenters. The van der Waals surface area contributed by atoms with Crippen molar-refractivity contribution in [2.45, 2.75) is 155 Å². The Kier molecular flexibility index (Phi) is 10.6. The Morgan fingerprint density at radius 1 is 0.625 bits per heavy atom. The van der Waals surface area contributed by atoms with E-state index in [1.54, 1.807) is 6.08 Å². The lowest BCUT2D eigenvalue weighted by Gasteiger charge is -2.46. The van der Waals surface area contributed by atoms with Crippen molar-refractivity contribution in [1.82, 2.24) is 0 Å². The first kappa shape index (κ1) is 30.9. The summed E-state index contributed by atoms with van der Waals surface area (Å²) in [7, 11) is 0. The van der Waals surface area contributed by atoms with E-state index in [1.165, 1.54) is 0 Å². The first-order chi connectivity index (χ1) is 19.1. The molecule has 224 valence electrons. The second kappa shape index (κ2) is 13.7. The summed E-state index contributed by atoms with van der Waals surface area (Å²) in [5.74, 6) is 2.58. The summed E-state index contributed by atoms with van der Waals surface area (Å²) >= 11 is 0. The molecular formula is C33H52N2O5. The maximum Gasteiger partial charge on any atom is 0.508 e. The maximum atomic E-state index is 12.7. The molecule has 0 aromatic heterocycles. The summed E-state index contributed by atoms with van der Waals surface area (Å²) in [6, 6.07) is 0.164. The van der Waals surface area contributed by atoms with Gasteiger partial charge in [-0.15, -0.1) is 0 Å². The summed E-state index contributed by atoms with van der Waals surface area (Å²) < 4.78 is 16.8. The predicted octanol–water partition coefficient (Wildman–Crippen LogP) is 8.26. The van der Waals surface area contributed by atoms with Crippen molar-refractivity contribution >= 4 is 12.2 Å². The van der Waals surface area contributed by atoms with Crippen molar-refractivity contribution < 1.29 is 23.8 Å². The molecule has 4 aliphatic carbocycles. The second-order valence-electron chi connectivity index (χ2n) is 14.5. The standard InChI is InChI=1S/C33H52N2O5/c1-32(2,23-5-13-27(14-6-23)35-22-36)25-9-17-29(18-10-25)39-31(37)40-30-19-11-26(12-20-30)33(3,4)24-7-15-28(16-8-24)38-21-34/h23-30H,5-20H2,1-4H3. The number of aliphatic imine (C=N–C) groups is 1. The fraction of sp³-hybridized carbons (Fsp3) is 0.909. The minimum atomic E-state index is -0.477. The summed E-state index contributed by atoms with van der Waals surface area (Å²) in [6.45, 7) is 9.64. The molecule has 0 heterocycles. The van der Waals surface area contributed by atoms with E-state index in [2.05, 4.69) is 32.7 Å². The highest BCUT2D eigenvalue weighted by Gasteiger charge is 2.43. The highest BCUT2D eigenvalue weighted by Crippen LogP contribution is 2.50. The molecule has 0 aliphatic heterocycles. The van der Waals surface area contributed by atoms with Gasteiger partial charge in [-0.1, -0.05) is 27.7 Å². The molecule has 0 amide bonds. The lowest BCUT2D eigenvalue weighted by Crippen LogP contribution is -2.40. The van der Waals surface area contributed by atoms with Crippen LogP contribution in [0.1, 0.15) is 130 Å². The SMILES string of the molecule is CC(C)(C1CCC(N=C=O)CC1)C1CCC(OC(=O)OC2CCC(C(C)(C)C3CCC(OC#N)CC3)CC2)CC1. The van der Waals surface area contributed by atoms with Gasteiger partial charge < -0.3 is 14.2 Å². The number of nitrogens with zero attached hydrogens (tertiary/aromatic N) is 2. The van der Waals surface area contributed by atoms with E-state index in [0.717, 1.165) is 103 Å². The first-order valence-corrected chi connectivity index (χ1v) is 16.1. The predicted molar refractivity (Wildman–Crippen MR) is 153 cm³/mol. The van der Waals surface area contributed by atoms with Crippen molar-refractivity contribution in [2.24, 2.45) is 39.5 Å². The third-order valence-electron chi connectivity index (χ3n) is 11.9. The van der Waals surface area contributed by atoms with Crippen LogP contribution in [0.3, 0.4) is 0 Å². The van der Waals surface area contributed by atoms with Crippen LogP contribution in [0, 0.1) is 46.0 Å². The molecule has 0 N–H and O–H groups in total. The molecule has 0 bridgehead atoms. The third-order valence-corrected chi connectivity index (χ3v) is 11.9. The molecule has 4 aliphatic rings. The van der Waals surface area contributed by atoms with Crippen LogP contribution in [0.2, 0.25) is 0 Å². The second-order valence-corrected chi connectivity index (χ2v) is 14.5. The quantitative estimate of drug-likeness (QED) is 0.129. The van der Waals surface area contributed by atoms with Gasteiger partial charge in [0.1, 0.15) is 18.3 Å². The molecule has 0 saturated heterocycles. The van der Waals surface area contributed by atoms with Gasteiger partial charge in [0.25, 0.3) is 6.26 Å². The summed E-state index contributed by atoms with van der Waals surface area (Å²) in [4.78, 5) is 27.2. The lowest BCUT2D eigenvalue weighted by molar-refractivity contribution is -0.0461. The normalized spacial score (nSPS) is 35.5. The number of hydrogen-bond donors (Lipinski definition) is 0. The number of carbonyl (C=O) groups excluding carboxylic acids is 2. The van der Waals surface area contributed by atoms with E-state index in [4.69, 9.17) is 19.5 Å². The van der Waals surface area contributed by atoms with E-state index in [1.807, 2.05) is 6.26 Å². The van der Waals surface area contributed by atoms with Crippen LogP contribution >= 0.6 is 0 Å². The maximum absolute atomic E-state index is 12.7. The molecule has 4 rings (SSSR count). The Bertz CT molecular complexity index is 904. The zero-order valence-electron chi connectivity index (χ0n) is 25.4. The number of rotatable bonds is 8. The van der Waals surface area contributed by atoms with Gasteiger partial charge in [0.15, 0.2) is 0 Å². The molecule has 0 aromatic carbocycles. The number of carbonyl (C=O) groups is 1. The Hall–Kier alpha value is -2.06. The molecular weight excluding hydrogens is 504 g/mol. The van der Waals surface area contributed by atoms with E-state index < -0.39 is 6.16 Å². The van der Waals surface area contributed by atoms with Crippen LogP contribution < -0.4 is 0 Å². The van der Waals surface area contributed by atoms with Crippen LogP contribution in [-0.2, 0) is 19.0 Å². The minimum absolute atomic E-state index is 0.0340. The summed E-state index contributed by atoms with van der Waals surface area (Å²) in [5, 5.41) is 8.80. The van der Waals surface area contributed by atoms with Gasteiger partial charge in [-0.05, 0) is 137 Å². The number of nitriles is 1. The molecule has 40 heavy (non-hydrogen) atoms. The van der Waals surface area contributed by atoms with Gasteiger partial charge in [0.05, 0.1) is 6.04 Å². The zero-order valence-corrected chi connectivity index (χ0v) is 25.4. The first-order valence-electron chi connectivity index (χ1n) is 16.1. The average molecular weight is 557 g/mol. The zero-order chi connectivity index (χ0) is 28.8. The van der Waals surface area contributed by atoms with Crippen LogP contribution in [0.5, 0.6) is 0 Å². The van der Waals surface area contributed by atoms with Gasteiger partial charge >= 0.3 is 6.16 Å². The van der Waals surface area contributed by atoms with Gasteiger partial charge in [0.2, 0.25) is 6.08 Å². The smallest absolute Gasteiger partial charge is 0.431 e. The molecule has 0 unspecified atom stereocenters. The van der Waals surface area contributed by atoms with Gasteiger partial charge in [-0.25, -0.2) is 14.6 Å². The van der Waals surface area contributed by atoms with E-state index in [9.17, 15) is 9.59 Å². The molecule has 4 saturated carbocycles. The fourth-order valence-corrected chi connectivity index (χ4v) is 8.84. The van der Waals surface area contributed by atoms with Gasteiger partial charge in [-0.2, -0.15) is 5.26 Å². The van der Waals surface area contributed by atoms with E-state index >= 15 is 0 Å². The Labute approximate surface area is 241 Å². The van der Waals surface area contributed by atoms with Crippen LogP contribution in [0.25, 0.3) is 0 Å². The number of ether oxygens (including phenoxy) is 3. The molecule has 0 aromatic rings. The van der Waals surface area contributed by atoms with Crippen molar-refractivity contribution in [1.29, 1.82) is 5.26 Å². The van der Waals surface area contributed by atoms with Gasteiger partial charge in [0, 0.05) is 0 Å². The highest BCUT2D eigenvalue weighted by atomic mass is 16.7. The average Bonchev–Trinajstić information content (AvgIpc) is 2.94. The van der Waals surface area contributed by atoms with Crippen LogP contribution in [0.4, 0.5) is 4.79 Å². The van der Waals surface area contributed by atoms with E-state index in [0.29, 0.717) is 23.7 Å². The monoisotopic (exact) mass is 556 g/mol. The number of isocyanates is 1. The Morgan fingerprint density at radius 3 is 1.32 bits per heavy atom. The summed E-state index contributed by atoms with van der Waals surface area (Å²) in [5.41, 5.74) is 0.496. The largest absolute Gasteiger partial charge is 0.508 e. The number of hydrogen-bond acceptors (Lipinski definition) is 7. The molecule has 0 spiro atoms. The highest BCUT2D eigenvalue weighted by molar-refractivity contribution is 5.60. The van der Waals surface area contributed by atoms with Crippen molar-refractivity contribution in [3.63, 3.8) is 0 Å². The fourth-order valence-electron chi connectivity index (χ4n) is 8.84. The Morgan fingerprint density at radius 2 is 0.975 bits per heavy atom. The molecule has 0 radical (unpaired) electrons. The van der Waals surface area contributed by atoms with Crippen molar-refractivity contribution in [3.8, 4) is 6.26 Å².